The zero-order chi connectivity index (χ0) is 15.2. The average molecular weight is 344 g/mol. The minimum atomic E-state index is -0.641. The molecular formula is C13H14ClN3O2S2. The number of hydrogen-bond donors (Lipinski definition) is 1. The van der Waals surface area contributed by atoms with Gasteiger partial charge in [0.15, 0.2) is 10.4 Å². The first-order chi connectivity index (χ1) is 10.1. The number of ether oxygens (including phenoxy) is 1. The molecule has 1 N–H and O–H groups in total. The van der Waals surface area contributed by atoms with Crippen molar-refractivity contribution in [2.75, 3.05) is 11.1 Å². The quantitative estimate of drug-likeness (QED) is 0.640. The number of hydrogen-bond acceptors (Lipinski definition) is 6. The topological polar surface area (TPSA) is 64.1 Å². The third-order valence-electron chi connectivity index (χ3n) is 2.40. The van der Waals surface area contributed by atoms with Gasteiger partial charge in [-0.3, -0.25) is 10.1 Å². The molecule has 0 spiro atoms. The number of carbonyl (C=O) groups is 1. The van der Waals surface area contributed by atoms with Gasteiger partial charge in [0.1, 0.15) is 5.75 Å². The van der Waals surface area contributed by atoms with Crippen LogP contribution in [0.5, 0.6) is 5.75 Å². The van der Waals surface area contributed by atoms with Gasteiger partial charge in [0.05, 0.1) is 0 Å². The van der Waals surface area contributed by atoms with Gasteiger partial charge in [0.2, 0.25) is 5.13 Å². The molecule has 1 aromatic carbocycles. The first-order valence-electron chi connectivity index (χ1n) is 6.28. The maximum absolute atomic E-state index is 12.0. The molecule has 2 rings (SSSR count). The van der Waals surface area contributed by atoms with Crippen molar-refractivity contribution < 1.29 is 9.53 Å². The molecule has 0 aliphatic rings. The normalized spacial score (nSPS) is 12.0. The Labute approximate surface area is 136 Å². The van der Waals surface area contributed by atoms with E-state index in [1.165, 1.54) is 11.3 Å². The van der Waals surface area contributed by atoms with Crippen LogP contribution in [-0.4, -0.2) is 28.0 Å². The summed E-state index contributed by atoms with van der Waals surface area (Å²) < 4.78 is 6.37. The van der Waals surface area contributed by atoms with E-state index in [2.05, 4.69) is 15.5 Å². The van der Waals surface area contributed by atoms with Crippen LogP contribution >= 0.6 is 34.7 Å². The molecule has 0 radical (unpaired) electrons. The summed E-state index contributed by atoms with van der Waals surface area (Å²) in [5.74, 6) is 1.23. The Balaban J connectivity index is 1.90. The van der Waals surface area contributed by atoms with E-state index in [0.29, 0.717) is 15.9 Å². The third kappa shape index (κ3) is 4.87. The number of nitrogens with zero attached hydrogens (tertiary/aromatic N) is 2. The van der Waals surface area contributed by atoms with Gasteiger partial charge in [-0.05, 0) is 36.9 Å². The highest BCUT2D eigenvalue weighted by Crippen LogP contribution is 2.25. The van der Waals surface area contributed by atoms with Crippen LogP contribution in [0.2, 0.25) is 5.02 Å². The fraction of sp³-hybridized carbons (Fsp3) is 0.308. The lowest BCUT2D eigenvalue weighted by atomic mass is 10.3. The number of halogens is 1. The van der Waals surface area contributed by atoms with Gasteiger partial charge in [0, 0.05) is 5.02 Å². The summed E-state index contributed by atoms with van der Waals surface area (Å²) in [6, 6.07) is 6.85. The van der Waals surface area contributed by atoms with E-state index in [1.807, 2.05) is 6.92 Å². The molecule has 2 aromatic rings. The minimum Gasteiger partial charge on any atom is -0.481 e. The Bertz CT molecular complexity index is 604. The van der Waals surface area contributed by atoms with E-state index in [-0.39, 0.29) is 5.91 Å². The monoisotopic (exact) mass is 343 g/mol. The second-order valence-corrected chi connectivity index (χ2v) is 6.93. The standard InChI is InChI=1S/C13H14ClN3O2S2/c1-3-20-13-17-16-12(21-13)15-11(18)8(2)19-10-6-4-9(14)5-7-10/h4-8H,3H2,1-2H3,(H,15,16,18)/t8-/m1/s1. The largest absolute Gasteiger partial charge is 0.481 e. The van der Waals surface area contributed by atoms with E-state index < -0.39 is 6.10 Å². The van der Waals surface area contributed by atoms with Crippen molar-refractivity contribution in [2.45, 2.75) is 24.3 Å². The molecule has 0 aliphatic carbocycles. The smallest absolute Gasteiger partial charge is 0.266 e. The highest BCUT2D eigenvalue weighted by atomic mass is 35.5. The third-order valence-corrected chi connectivity index (χ3v) is 4.51. The molecule has 0 aliphatic heterocycles. The van der Waals surface area contributed by atoms with E-state index in [1.54, 1.807) is 43.0 Å². The highest BCUT2D eigenvalue weighted by molar-refractivity contribution is 8.01. The van der Waals surface area contributed by atoms with Gasteiger partial charge in [-0.15, -0.1) is 10.2 Å². The number of rotatable bonds is 6. The molecule has 8 heteroatoms. The molecular weight excluding hydrogens is 330 g/mol. The molecule has 0 saturated heterocycles. The number of amides is 1. The Morgan fingerprint density at radius 3 is 2.81 bits per heavy atom. The zero-order valence-electron chi connectivity index (χ0n) is 11.5. The van der Waals surface area contributed by atoms with Crippen LogP contribution < -0.4 is 10.1 Å². The van der Waals surface area contributed by atoms with E-state index in [0.717, 1.165) is 10.1 Å². The van der Waals surface area contributed by atoms with Gasteiger partial charge >= 0.3 is 0 Å². The van der Waals surface area contributed by atoms with E-state index in [9.17, 15) is 4.79 Å². The van der Waals surface area contributed by atoms with Crippen LogP contribution in [-0.2, 0) is 4.79 Å². The fourth-order valence-corrected chi connectivity index (χ4v) is 3.20. The lowest BCUT2D eigenvalue weighted by Gasteiger charge is -2.13. The Hall–Kier alpha value is -1.31. The highest BCUT2D eigenvalue weighted by Gasteiger charge is 2.17. The molecule has 1 aromatic heterocycles. The summed E-state index contributed by atoms with van der Waals surface area (Å²) in [6.07, 6.45) is -0.641. The summed E-state index contributed by atoms with van der Waals surface area (Å²) in [5, 5.41) is 11.7. The van der Waals surface area contributed by atoms with Crippen molar-refractivity contribution in [3.8, 4) is 5.75 Å². The Morgan fingerprint density at radius 1 is 1.43 bits per heavy atom. The summed E-state index contributed by atoms with van der Waals surface area (Å²) in [4.78, 5) is 12.0. The van der Waals surface area contributed by atoms with Gasteiger partial charge < -0.3 is 4.74 Å². The second-order valence-electron chi connectivity index (χ2n) is 4.01. The summed E-state index contributed by atoms with van der Waals surface area (Å²) in [6.45, 7) is 3.71. The first kappa shape index (κ1) is 16.1. The van der Waals surface area contributed by atoms with Crippen molar-refractivity contribution in [3.05, 3.63) is 29.3 Å². The number of benzene rings is 1. The first-order valence-corrected chi connectivity index (χ1v) is 8.46. The van der Waals surface area contributed by atoms with E-state index >= 15 is 0 Å². The Kier molecular flexibility index (Phi) is 5.84. The second kappa shape index (κ2) is 7.63. The predicted octanol–water partition coefficient (Wildman–Crippen LogP) is 3.71. The van der Waals surface area contributed by atoms with Gasteiger partial charge in [-0.25, -0.2) is 0 Å². The molecule has 5 nitrogen and oxygen atoms in total. The van der Waals surface area contributed by atoms with Crippen LogP contribution in [0.3, 0.4) is 0 Å². The molecule has 0 unspecified atom stereocenters. The van der Waals surface area contributed by atoms with Gasteiger partial charge in [0.25, 0.3) is 5.91 Å². The molecule has 0 fully saturated rings. The van der Waals surface area contributed by atoms with E-state index in [4.69, 9.17) is 16.3 Å². The zero-order valence-corrected chi connectivity index (χ0v) is 13.9. The maximum Gasteiger partial charge on any atom is 0.266 e. The summed E-state index contributed by atoms with van der Waals surface area (Å²) in [7, 11) is 0. The van der Waals surface area contributed by atoms with Gasteiger partial charge in [-0.2, -0.15) is 0 Å². The number of thioether (sulfide) groups is 1. The van der Waals surface area contributed by atoms with Crippen molar-refractivity contribution in [2.24, 2.45) is 0 Å². The molecule has 1 heterocycles. The van der Waals surface area contributed by atoms with Crippen LogP contribution in [0.15, 0.2) is 28.6 Å². The molecule has 21 heavy (non-hydrogen) atoms. The number of nitrogens with one attached hydrogen (secondary N) is 1. The van der Waals surface area contributed by atoms with Crippen LogP contribution in [0.1, 0.15) is 13.8 Å². The molecule has 0 saturated carbocycles. The van der Waals surface area contributed by atoms with Crippen LogP contribution in [0.25, 0.3) is 0 Å². The lowest BCUT2D eigenvalue weighted by Crippen LogP contribution is -2.30. The number of carbonyl (C=O) groups excluding carboxylic acids is 1. The maximum atomic E-state index is 12.0. The lowest BCUT2D eigenvalue weighted by molar-refractivity contribution is -0.122. The Morgan fingerprint density at radius 2 is 2.14 bits per heavy atom. The summed E-state index contributed by atoms with van der Waals surface area (Å²) >= 11 is 8.73. The minimum absolute atomic E-state index is 0.269. The average Bonchev–Trinajstić information content (AvgIpc) is 2.89. The van der Waals surface area contributed by atoms with Crippen LogP contribution in [0.4, 0.5) is 5.13 Å². The van der Waals surface area contributed by atoms with Crippen molar-refractivity contribution in [1.82, 2.24) is 10.2 Å². The van der Waals surface area contributed by atoms with Crippen molar-refractivity contribution in [3.63, 3.8) is 0 Å². The SMILES string of the molecule is CCSc1nnc(NC(=O)[C@@H](C)Oc2ccc(Cl)cc2)s1. The van der Waals surface area contributed by atoms with Gasteiger partial charge in [-0.1, -0.05) is 41.6 Å². The molecule has 1 amide bonds. The molecule has 112 valence electrons. The predicted molar refractivity (Wildman–Crippen MR) is 86.5 cm³/mol. The molecule has 1 atom stereocenters. The number of aromatic nitrogens is 2. The van der Waals surface area contributed by atoms with Crippen LogP contribution in [0, 0.1) is 0 Å². The van der Waals surface area contributed by atoms with Crippen molar-refractivity contribution >= 4 is 45.7 Å². The van der Waals surface area contributed by atoms with Crippen molar-refractivity contribution in [1.29, 1.82) is 0 Å². The fourth-order valence-electron chi connectivity index (χ4n) is 1.42. The number of anilines is 1. The summed E-state index contributed by atoms with van der Waals surface area (Å²) in [5.41, 5.74) is 0. The molecule has 0 bridgehead atoms.